The van der Waals surface area contributed by atoms with Gasteiger partial charge in [0.25, 0.3) is 0 Å². The minimum atomic E-state index is -0.248. The maximum Gasteiger partial charge on any atom is 0.190 e. The molecule has 0 spiro atoms. The van der Waals surface area contributed by atoms with Gasteiger partial charge >= 0.3 is 0 Å². The van der Waals surface area contributed by atoms with Crippen molar-refractivity contribution in [3.8, 4) is 73.2 Å². The lowest BCUT2D eigenvalue weighted by atomic mass is 9.78. The molecular weight excluding hydrogens is 987 g/mol. The van der Waals surface area contributed by atoms with E-state index in [4.69, 9.17) is 16.5 Å². The van der Waals surface area contributed by atoms with Crippen LogP contribution in [0, 0.1) is 6.57 Å². The van der Waals surface area contributed by atoms with E-state index < -0.39 is 0 Å². The van der Waals surface area contributed by atoms with Crippen LogP contribution < -0.4 is 0 Å². The third-order valence-electron chi connectivity index (χ3n) is 16.2. The van der Waals surface area contributed by atoms with Crippen LogP contribution in [-0.4, -0.2) is 24.2 Å². The van der Waals surface area contributed by atoms with Gasteiger partial charge in [-0.25, -0.2) is 9.83 Å². The maximum absolute atomic E-state index is 12.0. The molecular formula is C75H75N5O. The lowest BCUT2D eigenvalue weighted by Crippen LogP contribution is -2.17. The SMILES string of the molecule is [C-]#[N+]c1ccc(-c2nc3c(-c4cc(-c5cc(-c6cccc7c8ccccc8n(-c8ccccc8)c67)ccn5)cc(C(C)(C)C)c4)cc(-c4cc(C(C)(C)C)cc(C(C)(C)C)c4)cc3n2-c2cc(C(C)(C)C)cc(C(C)(C)C)c2)c(O)c1. The number of benzene rings is 8. The summed E-state index contributed by atoms with van der Waals surface area (Å²) in [7, 11) is 0. The normalized spacial score (nSPS) is 12.7. The highest BCUT2D eigenvalue weighted by Crippen LogP contribution is 2.46. The number of phenolic OH excluding ortho intramolecular Hbond substituents is 1. The Labute approximate surface area is 479 Å². The number of phenols is 1. The molecule has 11 rings (SSSR count). The Balaban J connectivity index is 1.23. The number of fused-ring (bicyclic) bond motifs is 4. The van der Waals surface area contributed by atoms with Gasteiger partial charge < -0.3 is 9.67 Å². The molecule has 0 atom stereocenters. The lowest BCUT2D eigenvalue weighted by Gasteiger charge is -2.27. The molecule has 0 saturated heterocycles. The number of pyridine rings is 1. The zero-order valence-corrected chi connectivity index (χ0v) is 49.9. The van der Waals surface area contributed by atoms with Crippen LogP contribution >= 0.6 is 0 Å². The molecule has 3 heterocycles. The highest BCUT2D eigenvalue weighted by Gasteiger charge is 2.29. The fraction of sp³-hybridized carbons (Fsp3) is 0.267. The minimum absolute atomic E-state index is 0.000323. The predicted octanol–water partition coefficient (Wildman–Crippen LogP) is 20.6. The van der Waals surface area contributed by atoms with Crippen LogP contribution in [0.3, 0.4) is 0 Å². The van der Waals surface area contributed by atoms with E-state index in [1.54, 1.807) is 12.1 Å². The zero-order chi connectivity index (χ0) is 57.7. The molecule has 0 aliphatic carbocycles. The quantitative estimate of drug-likeness (QED) is 0.162. The van der Waals surface area contributed by atoms with Gasteiger partial charge in [-0.15, -0.1) is 0 Å². The van der Waals surface area contributed by atoms with Crippen LogP contribution in [0.5, 0.6) is 5.75 Å². The summed E-state index contributed by atoms with van der Waals surface area (Å²) < 4.78 is 4.65. The molecule has 0 aliphatic rings. The number of hydrogen-bond acceptors (Lipinski definition) is 3. The first-order valence-electron chi connectivity index (χ1n) is 28.5. The zero-order valence-electron chi connectivity index (χ0n) is 49.9. The van der Waals surface area contributed by atoms with Gasteiger partial charge in [0.2, 0.25) is 0 Å². The van der Waals surface area contributed by atoms with Crippen LogP contribution in [-0.2, 0) is 27.1 Å². The summed E-state index contributed by atoms with van der Waals surface area (Å²) in [5, 5.41) is 14.4. The van der Waals surface area contributed by atoms with Crippen molar-refractivity contribution < 1.29 is 5.11 Å². The largest absolute Gasteiger partial charge is 0.509 e. The Hall–Kier alpha value is -8.53. The Morgan fingerprint density at radius 3 is 1.58 bits per heavy atom. The van der Waals surface area contributed by atoms with Gasteiger partial charge in [0.05, 0.1) is 39.9 Å². The smallest absolute Gasteiger partial charge is 0.190 e. The van der Waals surface area contributed by atoms with E-state index in [1.165, 1.54) is 33.0 Å². The molecule has 0 fully saturated rings. The fourth-order valence-electron chi connectivity index (χ4n) is 11.3. The van der Waals surface area contributed by atoms with Crippen LogP contribution in [0.15, 0.2) is 176 Å². The first-order chi connectivity index (χ1) is 38.1. The number of aromatic nitrogens is 4. The molecule has 0 aliphatic heterocycles. The van der Waals surface area contributed by atoms with E-state index in [1.807, 2.05) is 12.3 Å². The molecule has 6 nitrogen and oxygen atoms in total. The van der Waals surface area contributed by atoms with Crippen molar-refractivity contribution in [1.29, 1.82) is 0 Å². The Morgan fingerprint density at radius 2 is 0.963 bits per heavy atom. The van der Waals surface area contributed by atoms with Crippen molar-refractivity contribution in [2.24, 2.45) is 0 Å². The molecule has 0 amide bonds. The number of aromatic hydroxyl groups is 1. The van der Waals surface area contributed by atoms with Gasteiger partial charge in [-0.05, 0) is 150 Å². The van der Waals surface area contributed by atoms with Crippen molar-refractivity contribution in [3.63, 3.8) is 0 Å². The summed E-state index contributed by atoms with van der Waals surface area (Å²) in [5.41, 5.74) is 20.4. The summed E-state index contributed by atoms with van der Waals surface area (Å²) >= 11 is 0. The predicted molar refractivity (Wildman–Crippen MR) is 342 cm³/mol. The summed E-state index contributed by atoms with van der Waals surface area (Å²) in [4.78, 5) is 14.6. The number of imidazole rings is 1. The number of hydrogen-bond donors (Lipinski definition) is 1. The minimum Gasteiger partial charge on any atom is -0.509 e. The van der Waals surface area contributed by atoms with Crippen molar-refractivity contribution in [3.05, 3.63) is 215 Å². The van der Waals surface area contributed by atoms with Gasteiger partial charge in [-0.2, -0.15) is 0 Å². The highest BCUT2D eigenvalue weighted by molar-refractivity contribution is 6.14. The van der Waals surface area contributed by atoms with Gasteiger partial charge in [-0.3, -0.25) is 9.55 Å². The number of para-hydroxylation sites is 3. The number of nitrogens with zero attached hydrogens (tertiary/aromatic N) is 5. The molecule has 0 saturated carbocycles. The summed E-state index contributed by atoms with van der Waals surface area (Å²) in [6.45, 7) is 42.0. The first-order valence-corrected chi connectivity index (χ1v) is 28.5. The van der Waals surface area contributed by atoms with E-state index >= 15 is 0 Å². The summed E-state index contributed by atoms with van der Waals surface area (Å²) in [6, 6.07) is 61.2. The average molecular weight is 1060 g/mol. The molecule has 8 aromatic carbocycles. The van der Waals surface area contributed by atoms with Gasteiger partial charge in [0.1, 0.15) is 11.6 Å². The second-order valence-electron chi connectivity index (χ2n) is 27.4. The van der Waals surface area contributed by atoms with Crippen molar-refractivity contribution >= 4 is 38.5 Å². The molecule has 6 heteroatoms. The molecule has 3 aromatic heterocycles. The molecule has 406 valence electrons. The van der Waals surface area contributed by atoms with E-state index in [2.05, 4.69) is 269 Å². The summed E-state index contributed by atoms with van der Waals surface area (Å²) in [6.07, 6.45) is 1.95. The Morgan fingerprint density at radius 1 is 0.407 bits per heavy atom. The highest BCUT2D eigenvalue weighted by atomic mass is 16.3. The molecule has 0 bridgehead atoms. The monoisotopic (exact) mass is 1060 g/mol. The van der Waals surface area contributed by atoms with Crippen molar-refractivity contribution in [2.45, 2.75) is 131 Å². The van der Waals surface area contributed by atoms with Gasteiger partial charge in [0, 0.05) is 45.0 Å². The number of rotatable bonds is 7. The van der Waals surface area contributed by atoms with Crippen molar-refractivity contribution in [1.82, 2.24) is 19.1 Å². The van der Waals surface area contributed by atoms with Crippen LogP contribution in [0.1, 0.15) is 132 Å². The summed E-state index contributed by atoms with van der Waals surface area (Å²) in [5.74, 6) is 0.589. The Kier molecular flexibility index (Phi) is 13.2. The van der Waals surface area contributed by atoms with Crippen LogP contribution in [0.25, 0.3) is 105 Å². The van der Waals surface area contributed by atoms with Crippen LogP contribution in [0.4, 0.5) is 5.69 Å². The third kappa shape index (κ3) is 10.2. The molecule has 81 heavy (non-hydrogen) atoms. The van der Waals surface area contributed by atoms with E-state index in [9.17, 15) is 5.11 Å². The van der Waals surface area contributed by atoms with E-state index in [-0.39, 0.29) is 32.8 Å². The molecule has 0 unspecified atom stereocenters. The standard InChI is InChI=1S/C75H75N5O/c1-71(2,3)51-36-49(33-50(37-51)64-39-46(31-32-77-64)59-26-22-27-61-60-25-20-21-28-65(60)79(69(59)61)57-23-18-17-19-24-57)63-38-48(47-34-52(72(4,5)6)41-53(35-47)73(7,8)9)40-66-68(63)78-70(62-30-29-56(76-16)45-67(62)81)80(66)58-43-54(74(10,11)12)42-55(44-58)75(13,14)15/h17-45,81H,1-15H3. The van der Waals surface area contributed by atoms with E-state index in [0.29, 0.717) is 17.1 Å². The maximum atomic E-state index is 12.0. The van der Waals surface area contributed by atoms with Crippen LogP contribution in [0.2, 0.25) is 0 Å². The fourth-order valence-corrected chi connectivity index (χ4v) is 11.3. The van der Waals surface area contributed by atoms with Gasteiger partial charge in [-0.1, -0.05) is 201 Å². The molecule has 1 N–H and O–H groups in total. The van der Waals surface area contributed by atoms with Crippen molar-refractivity contribution in [2.75, 3.05) is 0 Å². The average Bonchev–Trinajstić information content (AvgIpc) is 3.13. The Bertz CT molecular complexity index is 4250. The molecule has 11 aromatic rings. The second-order valence-corrected chi connectivity index (χ2v) is 27.4. The topological polar surface area (TPSA) is 60.2 Å². The second kappa shape index (κ2) is 19.6. The molecule has 0 radical (unpaired) electrons. The van der Waals surface area contributed by atoms with Gasteiger partial charge in [0.15, 0.2) is 5.69 Å². The third-order valence-corrected chi connectivity index (χ3v) is 16.2. The first kappa shape index (κ1) is 54.4. The van der Waals surface area contributed by atoms with E-state index in [0.717, 1.165) is 83.6 Å². The lowest BCUT2D eigenvalue weighted by molar-refractivity contribution is 0.477.